The number of rotatable bonds is 8. The van der Waals surface area contributed by atoms with E-state index < -0.39 is 30.1 Å². The maximum atomic E-state index is 12.3. The monoisotopic (exact) mass is 392 g/mol. The standard InChI is InChI=1S/C20H28N2O6/c1-14(10-11-23)13-26-19(25)21-22-17(12-16-8-6-5-7-9-16)18(27-15(2)24)28-20(22,3)4/h5-9,11,14,17-18H,10,12-13H2,1-4H3,(H,21,25). The lowest BCUT2D eigenvalue weighted by molar-refractivity contribution is -0.187. The molecule has 1 aliphatic rings. The van der Waals surface area contributed by atoms with Gasteiger partial charge < -0.3 is 19.0 Å². The van der Waals surface area contributed by atoms with E-state index in [1.807, 2.05) is 37.3 Å². The molecule has 1 heterocycles. The van der Waals surface area contributed by atoms with E-state index in [-0.39, 0.29) is 12.5 Å². The fraction of sp³-hybridized carbons (Fsp3) is 0.550. The van der Waals surface area contributed by atoms with Crippen LogP contribution in [0, 0.1) is 5.92 Å². The maximum absolute atomic E-state index is 12.3. The second kappa shape index (κ2) is 9.66. The molecule has 1 aromatic rings. The molecule has 0 aliphatic carbocycles. The highest BCUT2D eigenvalue weighted by atomic mass is 16.7. The van der Waals surface area contributed by atoms with Crippen molar-refractivity contribution in [1.82, 2.24) is 10.4 Å². The normalized spacial score (nSPS) is 22.3. The molecule has 0 bridgehead atoms. The lowest BCUT2D eigenvalue weighted by atomic mass is 10.1. The van der Waals surface area contributed by atoms with Gasteiger partial charge in [0.1, 0.15) is 12.0 Å². The Balaban J connectivity index is 2.13. The van der Waals surface area contributed by atoms with Gasteiger partial charge in [-0.15, -0.1) is 0 Å². The molecule has 154 valence electrons. The molecule has 8 nitrogen and oxygen atoms in total. The smallest absolute Gasteiger partial charge is 0.421 e. The van der Waals surface area contributed by atoms with Gasteiger partial charge in [-0.05, 0) is 31.7 Å². The van der Waals surface area contributed by atoms with Crippen LogP contribution in [0.15, 0.2) is 30.3 Å². The lowest BCUT2D eigenvalue weighted by Gasteiger charge is -2.32. The van der Waals surface area contributed by atoms with E-state index in [0.717, 1.165) is 11.8 Å². The van der Waals surface area contributed by atoms with E-state index in [9.17, 15) is 14.4 Å². The zero-order valence-electron chi connectivity index (χ0n) is 16.7. The van der Waals surface area contributed by atoms with Gasteiger partial charge in [0.15, 0.2) is 0 Å². The molecule has 0 spiro atoms. The van der Waals surface area contributed by atoms with E-state index in [2.05, 4.69) is 5.43 Å². The Morgan fingerprint density at radius 3 is 2.61 bits per heavy atom. The second-order valence-electron chi connectivity index (χ2n) is 7.39. The molecular weight excluding hydrogens is 364 g/mol. The molecule has 1 amide bonds. The summed E-state index contributed by atoms with van der Waals surface area (Å²) in [6.45, 7) is 6.79. The van der Waals surface area contributed by atoms with Gasteiger partial charge in [-0.2, -0.15) is 5.01 Å². The van der Waals surface area contributed by atoms with Crippen LogP contribution in [0.1, 0.15) is 39.7 Å². The number of carbonyl (C=O) groups is 3. The predicted molar refractivity (Wildman–Crippen MR) is 101 cm³/mol. The number of esters is 1. The van der Waals surface area contributed by atoms with Crippen molar-refractivity contribution in [3.63, 3.8) is 0 Å². The van der Waals surface area contributed by atoms with Crippen molar-refractivity contribution in [3.8, 4) is 0 Å². The van der Waals surface area contributed by atoms with Gasteiger partial charge in [-0.25, -0.2) is 4.79 Å². The molecular formula is C20H28N2O6. The highest BCUT2D eigenvalue weighted by Crippen LogP contribution is 2.33. The minimum atomic E-state index is -0.924. The Morgan fingerprint density at radius 1 is 1.32 bits per heavy atom. The minimum Gasteiger partial charge on any atom is -0.448 e. The molecule has 8 heteroatoms. The van der Waals surface area contributed by atoms with Crippen LogP contribution in [0.5, 0.6) is 0 Å². The summed E-state index contributed by atoms with van der Waals surface area (Å²) < 4.78 is 16.4. The highest BCUT2D eigenvalue weighted by molar-refractivity contribution is 5.67. The maximum Gasteiger partial charge on any atom is 0.421 e. The van der Waals surface area contributed by atoms with Gasteiger partial charge in [0.05, 0.1) is 12.6 Å². The Labute approximate surface area is 165 Å². The van der Waals surface area contributed by atoms with Crippen LogP contribution in [0.25, 0.3) is 0 Å². The Kier molecular flexibility index (Phi) is 7.53. The molecule has 2 rings (SSSR count). The SMILES string of the molecule is CC(=O)OC1OC(C)(C)N(NC(=O)OCC(C)CC=O)C1Cc1ccccc1. The third-order valence-electron chi connectivity index (χ3n) is 4.41. The number of nitrogens with one attached hydrogen (secondary N) is 1. The van der Waals surface area contributed by atoms with Crippen LogP contribution in [-0.2, 0) is 30.2 Å². The van der Waals surface area contributed by atoms with Crippen molar-refractivity contribution < 1.29 is 28.6 Å². The first-order valence-corrected chi connectivity index (χ1v) is 9.28. The minimum absolute atomic E-state index is 0.0694. The third-order valence-corrected chi connectivity index (χ3v) is 4.41. The fourth-order valence-corrected chi connectivity index (χ4v) is 3.05. The van der Waals surface area contributed by atoms with Gasteiger partial charge >= 0.3 is 12.1 Å². The van der Waals surface area contributed by atoms with Crippen molar-refractivity contribution in [1.29, 1.82) is 0 Å². The number of hydrogen-bond acceptors (Lipinski definition) is 7. The van der Waals surface area contributed by atoms with Crippen LogP contribution >= 0.6 is 0 Å². The summed E-state index contributed by atoms with van der Waals surface area (Å²) in [5, 5.41) is 1.61. The van der Waals surface area contributed by atoms with Crippen LogP contribution in [0.4, 0.5) is 4.79 Å². The first kappa shape index (κ1) is 21.8. The van der Waals surface area contributed by atoms with Crippen LogP contribution in [0.2, 0.25) is 0 Å². The first-order valence-electron chi connectivity index (χ1n) is 9.28. The number of aldehydes is 1. The number of hydrogen-bond donors (Lipinski definition) is 1. The largest absolute Gasteiger partial charge is 0.448 e. The molecule has 1 N–H and O–H groups in total. The molecule has 3 atom stereocenters. The Bertz CT molecular complexity index is 679. The van der Waals surface area contributed by atoms with Crippen molar-refractivity contribution in [3.05, 3.63) is 35.9 Å². The molecule has 0 radical (unpaired) electrons. The molecule has 28 heavy (non-hydrogen) atoms. The molecule has 1 aromatic carbocycles. The first-order chi connectivity index (χ1) is 13.2. The predicted octanol–water partition coefficient (Wildman–Crippen LogP) is 2.42. The van der Waals surface area contributed by atoms with E-state index >= 15 is 0 Å². The molecule has 3 unspecified atom stereocenters. The average Bonchev–Trinajstić information content (AvgIpc) is 2.84. The third kappa shape index (κ3) is 6.03. The number of carbonyl (C=O) groups excluding carboxylic acids is 3. The quantitative estimate of drug-likeness (QED) is 0.536. The molecule has 1 fully saturated rings. The summed E-state index contributed by atoms with van der Waals surface area (Å²) in [5.74, 6) is -0.536. The zero-order chi connectivity index (χ0) is 20.7. The van der Waals surface area contributed by atoms with Gasteiger partial charge in [0, 0.05) is 13.3 Å². The van der Waals surface area contributed by atoms with Gasteiger partial charge in [-0.3, -0.25) is 10.2 Å². The van der Waals surface area contributed by atoms with Gasteiger partial charge in [-0.1, -0.05) is 37.3 Å². The van der Waals surface area contributed by atoms with E-state index in [4.69, 9.17) is 14.2 Å². The van der Waals surface area contributed by atoms with Crippen LogP contribution in [-0.4, -0.2) is 48.0 Å². The summed E-state index contributed by atoms with van der Waals surface area (Å²) in [4.78, 5) is 34.4. The Morgan fingerprint density at radius 2 is 2.00 bits per heavy atom. The summed E-state index contributed by atoms with van der Waals surface area (Å²) in [7, 11) is 0. The molecule has 1 aliphatic heterocycles. The van der Waals surface area contributed by atoms with Crippen molar-refractivity contribution in [2.24, 2.45) is 5.92 Å². The van der Waals surface area contributed by atoms with Gasteiger partial charge in [0.25, 0.3) is 0 Å². The van der Waals surface area contributed by atoms with Gasteiger partial charge in [0.2, 0.25) is 6.29 Å². The zero-order valence-corrected chi connectivity index (χ0v) is 16.7. The van der Waals surface area contributed by atoms with Crippen molar-refractivity contribution in [2.75, 3.05) is 6.61 Å². The second-order valence-corrected chi connectivity index (χ2v) is 7.39. The van der Waals surface area contributed by atoms with E-state index in [1.165, 1.54) is 6.92 Å². The molecule has 1 saturated heterocycles. The molecule has 0 aromatic heterocycles. The number of ether oxygens (including phenoxy) is 3. The topological polar surface area (TPSA) is 94.2 Å². The number of benzene rings is 1. The average molecular weight is 392 g/mol. The van der Waals surface area contributed by atoms with E-state index in [1.54, 1.807) is 18.9 Å². The van der Waals surface area contributed by atoms with Crippen LogP contribution in [0.3, 0.4) is 0 Å². The lowest BCUT2D eigenvalue weighted by Crippen LogP contribution is -2.56. The summed E-state index contributed by atoms with van der Waals surface area (Å²) >= 11 is 0. The Hall–Kier alpha value is -2.45. The fourth-order valence-electron chi connectivity index (χ4n) is 3.05. The number of hydrazine groups is 1. The summed E-state index contributed by atoms with van der Waals surface area (Å²) in [5.41, 5.74) is 2.79. The van der Waals surface area contributed by atoms with Crippen molar-refractivity contribution >= 4 is 18.3 Å². The number of amides is 1. The van der Waals surface area contributed by atoms with Crippen LogP contribution < -0.4 is 5.43 Å². The van der Waals surface area contributed by atoms with E-state index in [0.29, 0.717) is 12.8 Å². The number of nitrogens with zero attached hydrogens (tertiary/aromatic N) is 1. The summed E-state index contributed by atoms with van der Waals surface area (Å²) in [6.07, 6.45) is 0.0990. The van der Waals surface area contributed by atoms with Crippen molar-refractivity contribution in [2.45, 2.75) is 58.6 Å². The highest BCUT2D eigenvalue weighted by Gasteiger charge is 2.50. The molecule has 0 saturated carbocycles. The summed E-state index contributed by atoms with van der Waals surface area (Å²) in [6, 6.07) is 9.20.